The second-order valence-corrected chi connectivity index (χ2v) is 19.4. The van der Waals surface area contributed by atoms with Crippen molar-refractivity contribution in [3.8, 4) is 5.75 Å². The molecule has 9 rings (SSSR count). The fourth-order valence-corrected chi connectivity index (χ4v) is 10.8. The van der Waals surface area contributed by atoms with Crippen LogP contribution in [0.25, 0.3) is 10.9 Å². The molecule has 7 heterocycles. The lowest BCUT2D eigenvalue weighted by Gasteiger charge is -2.67. The first-order valence-electron chi connectivity index (χ1n) is 22.6. The van der Waals surface area contributed by atoms with Crippen LogP contribution in [0.15, 0.2) is 47.4 Å². The molecule has 344 valence electrons. The first-order valence-corrected chi connectivity index (χ1v) is 23.0. The highest BCUT2D eigenvalue weighted by molar-refractivity contribution is 6.33. The molecular formula is C47H56ClFN10O6. The summed E-state index contributed by atoms with van der Waals surface area (Å²) in [5, 5.41) is 9.29. The molecule has 4 aromatic rings. The molecule has 0 aliphatic carbocycles. The number of hydrogen-bond acceptors (Lipinski definition) is 12. The van der Waals surface area contributed by atoms with Gasteiger partial charge < -0.3 is 39.5 Å². The summed E-state index contributed by atoms with van der Waals surface area (Å²) >= 11 is 6.63. The Labute approximate surface area is 381 Å². The summed E-state index contributed by atoms with van der Waals surface area (Å²) in [5.74, 6) is -0.282. The molecule has 0 bridgehead atoms. The SMILES string of the molecule is CNC(=O)COc1cc2cc(Nc3nc(N4CCC(CN5CCC6(CC5)CN(c5ccc7c(c5F)CN(C5CCC(=O)NC5=O)C7=O)C6(C)C)CC4)ncc3Cl)ccc2n(C(C)C)c1=O. The summed E-state index contributed by atoms with van der Waals surface area (Å²) in [4.78, 5) is 80.4. The van der Waals surface area contributed by atoms with Gasteiger partial charge in [-0.1, -0.05) is 11.6 Å². The predicted molar refractivity (Wildman–Crippen MR) is 245 cm³/mol. The molecule has 16 nitrogen and oxygen atoms in total. The van der Waals surface area contributed by atoms with Crippen LogP contribution in [0.5, 0.6) is 5.75 Å². The van der Waals surface area contributed by atoms with Crippen molar-refractivity contribution in [3.63, 3.8) is 0 Å². The van der Waals surface area contributed by atoms with E-state index in [1.54, 1.807) is 29.0 Å². The molecule has 1 spiro atoms. The Bertz CT molecular complexity index is 2640. The fraction of sp³-hybridized carbons (Fsp3) is 0.511. The van der Waals surface area contributed by atoms with Crippen molar-refractivity contribution in [3.05, 3.63) is 74.9 Å². The zero-order chi connectivity index (χ0) is 45.9. The van der Waals surface area contributed by atoms with E-state index in [2.05, 4.69) is 49.5 Å². The van der Waals surface area contributed by atoms with E-state index in [0.29, 0.717) is 39.6 Å². The van der Waals surface area contributed by atoms with Gasteiger partial charge >= 0.3 is 0 Å². The number of halogens is 2. The first kappa shape index (κ1) is 44.4. The number of hydrogen-bond donors (Lipinski definition) is 3. The number of pyridine rings is 1. The van der Waals surface area contributed by atoms with Gasteiger partial charge in [0.15, 0.2) is 24.0 Å². The molecule has 0 saturated carbocycles. The minimum atomic E-state index is -0.786. The van der Waals surface area contributed by atoms with E-state index in [-0.39, 0.29) is 77.6 Å². The van der Waals surface area contributed by atoms with Crippen LogP contribution in [-0.4, -0.2) is 112 Å². The number of carbonyl (C=O) groups excluding carboxylic acids is 4. The van der Waals surface area contributed by atoms with Crippen molar-refractivity contribution in [2.75, 3.05) is 68.0 Å². The van der Waals surface area contributed by atoms with E-state index in [9.17, 15) is 24.0 Å². The Morgan fingerprint density at radius 2 is 1.78 bits per heavy atom. The minimum absolute atomic E-state index is 0.0117. The van der Waals surface area contributed by atoms with Gasteiger partial charge in [0.2, 0.25) is 17.8 Å². The van der Waals surface area contributed by atoms with Crippen LogP contribution >= 0.6 is 11.6 Å². The summed E-state index contributed by atoms with van der Waals surface area (Å²) in [6, 6.07) is 9.76. The minimum Gasteiger partial charge on any atom is -0.478 e. The number of rotatable bonds is 11. The third-order valence-corrected chi connectivity index (χ3v) is 15.0. The summed E-state index contributed by atoms with van der Waals surface area (Å²) < 4.78 is 23.6. The van der Waals surface area contributed by atoms with E-state index in [4.69, 9.17) is 21.3 Å². The number of benzene rings is 2. The number of imide groups is 1. The second kappa shape index (κ2) is 17.2. The van der Waals surface area contributed by atoms with Crippen molar-refractivity contribution < 1.29 is 28.3 Å². The third kappa shape index (κ3) is 8.04. The average molecular weight is 911 g/mol. The molecule has 65 heavy (non-hydrogen) atoms. The van der Waals surface area contributed by atoms with E-state index < -0.39 is 17.8 Å². The van der Waals surface area contributed by atoms with E-state index in [0.717, 1.165) is 75.9 Å². The normalized spacial score (nSPS) is 20.9. The third-order valence-electron chi connectivity index (χ3n) is 14.7. The molecule has 5 aliphatic rings. The van der Waals surface area contributed by atoms with Gasteiger partial charge in [-0.05, 0) is 115 Å². The smallest absolute Gasteiger partial charge is 0.293 e. The van der Waals surface area contributed by atoms with Gasteiger partial charge in [0.25, 0.3) is 17.4 Å². The second-order valence-electron chi connectivity index (χ2n) is 19.0. The topological polar surface area (TPSA) is 174 Å². The molecule has 5 aliphatic heterocycles. The first-order chi connectivity index (χ1) is 31.1. The molecule has 4 amide bonds. The van der Waals surface area contributed by atoms with Gasteiger partial charge in [0.1, 0.15) is 11.1 Å². The van der Waals surface area contributed by atoms with Crippen LogP contribution in [0, 0.1) is 17.2 Å². The maximum atomic E-state index is 16.3. The van der Waals surface area contributed by atoms with Gasteiger partial charge in [-0.2, -0.15) is 4.98 Å². The Morgan fingerprint density at radius 3 is 2.48 bits per heavy atom. The van der Waals surface area contributed by atoms with Crippen molar-refractivity contribution in [2.45, 2.75) is 90.4 Å². The molecule has 1 unspecified atom stereocenters. The average Bonchev–Trinajstić information content (AvgIpc) is 3.62. The number of ether oxygens (including phenoxy) is 1. The number of nitrogens with one attached hydrogen (secondary N) is 3. The molecule has 4 saturated heterocycles. The standard InChI is InChI=1S/C47H56ClFN10O6/c1-27(2)59-34-8-6-30(20-29(34)21-37(44(59)64)65-25-39(61)50-5)52-41-33(48)22-51-45(54-41)56-16-12-28(13-17-56)23-55-18-14-47(15-19-55)26-58(46(47,3)4)35-9-7-31-32(40(35)49)24-57(43(31)63)36-10-11-38(60)53-42(36)62/h6-9,20-22,27-28,36H,10-19,23-26H2,1-5H3,(H,50,61)(H,51,52,54)(H,53,60,62). The molecule has 0 radical (unpaired) electrons. The van der Waals surface area contributed by atoms with E-state index in [1.807, 2.05) is 32.0 Å². The molecule has 18 heteroatoms. The summed E-state index contributed by atoms with van der Waals surface area (Å²) in [5.41, 5.74) is 1.98. The summed E-state index contributed by atoms with van der Waals surface area (Å²) in [6.45, 7) is 13.3. The predicted octanol–water partition coefficient (Wildman–Crippen LogP) is 5.39. The number of likely N-dealkylation sites (tertiary alicyclic amines) is 1. The lowest BCUT2D eigenvalue weighted by Crippen LogP contribution is -2.74. The lowest BCUT2D eigenvalue weighted by molar-refractivity contribution is -0.137. The molecule has 4 fully saturated rings. The van der Waals surface area contributed by atoms with Crippen LogP contribution in [0.1, 0.15) is 88.2 Å². The van der Waals surface area contributed by atoms with Gasteiger partial charge in [-0.15, -0.1) is 0 Å². The highest BCUT2D eigenvalue weighted by Crippen LogP contribution is 2.56. The molecule has 2 aromatic heterocycles. The molecular weight excluding hydrogens is 855 g/mol. The Hall–Kier alpha value is -5.81. The van der Waals surface area contributed by atoms with Crippen LogP contribution < -0.4 is 36.0 Å². The summed E-state index contributed by atoms with van der Waals surface area (Å²) in [6.07, 6.45) is 6.03. The van der Waals surface area contributed by atoms with Crippen molar-refractivity contribution >= 4 is 69.3 Å². The van der Waals surface area contributed by atoms with Crippen LogP contribution in [-0.2, 0) is 20.9 Å². The number of amides is 4. The van der Waals surface area contributed by atoms with Gasteiger partial charge in [0, 0.05) is 78.8 Å². The molecule has 2 aromatic carbocycles. The zero-order valence-corrected chi connectivity index (χ0v) is 38.3. The highest BCUT2D eigenvalue weighted by atomic mass is 35.5. The maximum absolute atomic E-state index is 16.3. The van der Waals surface area contributed by atoms with Crippen molar-refractivity contribution in [2.24, 2.45) is 11.3 Å². The number of carbonyl (C=O) groups is 4. The van der Waals surface area contributed by atoms with Gasteiger partial charge in [0.05, 0.1) is 23.9 Å². The molecule has 1 atom stereocenters. The zero-order valence-electron chi connectivity index (χ0n) is 37.5. The maximum Gasteiger partial charge on any atom is 0.293 e. The monoisotopic (exact) mass is 910 g/mol. The quantitative estimate of drug-likeness (QED) is 0.164. The fourth-order valence-electron chi connectivity index (χ4n) is 10.7. The number of nitrogens with zero attached hydrogens (tertiary/aromatic N) is 7. The number of anilines is 4. The van der Waals surface area contributed by atoms with Crippen LogP contribution in [0.3, 0.4) is 0 Å². The Morgan fingerprint density at radius 1 is 1.03 bits per heavy atom. The van der Waals surface area contributed by atoms with E-state index >= 15 is 4.39 Å². The number of fused-ring (bicyclic) bond motifs is 2. The van der Waals surface area contributed by atoms with Crippen LogP contribution in [0.2, 0.25) is 5.02 Å². The van der Waals surface area contributed by atoms with E-state index in [1.165, 1.54) is 11.9 Å². The van der Waals surface area contributed by atoms with Crippen molar-refractivity contribution in [1.29, 1.82) is 0 Å². The number of likely N-dealkylation sites (N-methyl/N-ethyl adjacent to an activating group) is 1. The highest BCUT2D eigenvalue weighted by Gasteiger charge is 2.60. The number of aromatic nitrogens is 3. The summed E-state index contributed by atoms with van der Waals surface area (Å²) in [7, 11) is 1.51. The van der Waals surface area contributed by atoms with Crippen molar-refractivity contribution in [1.82, 2.24) is 35.0 Å². The Kier molecular flexibility index (Phi) is 11.7. The Balaban J connectivity index is 0.789. The largest absolute Gasteiger partial charge is 0.478 e. The lowest BCUT2D eigenvalue weighted by atomic mass is 9.57. The van der Waals surface area contributed by atoms with Crippen LogP contribution in [0.4, 0.5) is 27.5 Å². The molecule has 3 N–H and O–H groups in total. The number of piperidine rings is 3. The van der Waals surface area contributed by atoms with Gasteiger partial charge in [-0.25, -0.2) is 9.37 Å². The van der Waals surface area contributed by atoms with Gasteiger partial charge in [-0.3, -0.25) is 29.3 Å².